The molecular formula is C21H24N4O4. The summed E-state index contributed by atoms with van der Waals surface area (Å²) in [6, 6.07) is 11.6. The predicted octanol–water partition coefficient (Wildman–Crippen LogP) is 3.37. The second-order valence-corrected chi connectivity index (χ2v) is 6.97. The fourth-order valence-electron chi connectivity index (χ4n) is 3.38. The first-order valence-electron chi connectivity index (χ1n) is 9.67. The summed E-state index contributed by atoms with van der Waals surface area (Å²) >= 11 is 0. The molecule has 0 aliphatic carbocycles. The van der Waals surface area contributed by atoms with Crippen LogP contribution in [0.25, 0.3) is 0 Å². The summed E-state index contributed by atoms with van der Waals surface area (Å²) in [7, 11) is 0. The number of phenolic OH excluding ortho intramolecular Hbond substituents is 1. The van der Waals surface area contributed by atoms with Gasteiger partial charge in [0.2, 0.25) is 5.91 Å². The van der Waals surface area contributed by atoms with Gasteiger partial charge in [0.05, 0.1) is 11.1 Å². The molecule has 1 aliphatic rings. The predicted molar refractivity (Wildman–Crippen MR) is 111 cm³/mol. The molecule has 8 heteroatoms. The Morgan fingerprint density at radius 1 is 1.21 bits per heavy atom. The Hall–Kier alpha value is -3.42. The van der Waals surface area contributed by atoms with Gasteiger partial charge in [0, 0.05) is 42.9 Å². The first-order valence-corrected chi connectivity index (χ1v) is 9.67. The Bertz CT molecular complexity index is 907. The number of aromatic hydroxyl groups is 1. The van der Waals surface area contributed by atoms with Crippen LogP contribution in [0.4, 0.5) is 11.4 Å². The molecule has 1 saturated heterocycles. The molecular weight excluding hydrogens is 372 g/mol. The number of non-ortho nitro benzene ring substituents is 1. The van der Waals surface area contributed by atoms with Crippen LogP contribution in [0.2, 0.25) is 0 Å². The second kappa shape index (κ2) is 9.68. The normalized spacial score (nSPS) is 14.1. The molecule has 0 unspecified atom stereocenters. The molecule has 3 rings (SSSR count). The number of rotatable bonds is 7. The lowest BCUT2D eigenvalue weighted by molar-refractivity contribution is -0.384. The number of hydrogen-bond donors (Lipinski definition) is 2. The van der Waals surface area contributed by atoms with E-state index in [1.165, 1.54) is 24.8 Å². The molecule has 1 fully saturated rings. The van der Waals surface area contributed by atoms with E-state index < -0.39 is 4.92 Å². The van der Waals surface area contributed by atoms with E-state index in [2.05, 4.69) is 15.4 Å². The van der Waals surface area contributed by atoms with Gasteiger partial charge in [0.1, 0.15) is 5.75 Å². The van der Waals surface area contributed by atoms with Gasteiger partial charge < -0.3 is 10.0 Å². The number of anilines is 1. The smallest absolute Gasteiger partial charge is 0.270 e. The van der Waals surface area contributed by atoms with Crippen molar-refractivity contribution < 1.29 is 14.8 Å². The highest BCUT2D eigenvalue weighted by Gasteiger charge is 2.17. The van der Waals surface area contributed by atoms with Gasteiger partial charge in [0.15, 0.2) is 0 Å². The minimum absolute atomic E-state index is 0.0157. The summed E-state index contributed by atoms with van der Waals surface area (Å²) < 4.78 is 0. The van der Waals surface area contributed by atoms with E-state index in [0.717, 1.165) is 31.6 Å². The van der Waals surface area contributed by atoms with Crippen molar-refractivity contribution in [3.05, 3.63) is 63.7 Å². The van der Waals surface area contributed by atoms with Crippen molar-refractivity contribution in [2.24, 2.45) is 5.10 Å². The number of amides is 1. The number of piperidine rings is 1. The van der Waals surface area contributed by atoms with Crippen molar-refractivity contribution >= 4 is 23.5 Å². The van der Waals surface area contributed by atoms with Crippen molar-refractivity contribution in [2.45, 2.75) is 32.1 Å². The number of nitrogens with one attached hydrogen (secondary N) is 1. The average molecular weight is 396 g/mol. The molecule has 2 aromatic carbocycles. The molecule has 152 valence electrons. The number of nitrogens with zero attached hydrogens (tertiary/aromatic N) is 3. The largest absolute Gasteiger partial charge is 0.508 e. The fraction of sp³-hybridized carbons (Fsp3) is 0.333. The number of hydrazone groups is 1. The Balaban J connectivity index is 1.66. The number of nitro benzene ring substituents is 1. The minimum Gasteiger partial charge on any atom is -0.508 e. The molecule has 0 atom stereocenters. The van der Waals surface area contributed by atoms with Gasteiger partial charge in [-0.05, 0) is 43.4 Å². The van der Waals surface area contributed by atoms with Gasteiger partial charge in [-0.25, -0.2) is 5.43 Å². The monoisotopic (exact) mass is 396 g/mol. The third-order valence-corrected chi connectivity index (χ3v) is 4.92. The van der Waals surface area contributed by atoms with Crippen molar-refractivity contribution in [1.82, 2.24) is 5.43 Å². The van der Waals surface area contributed by atoms with Gasteiger partial charge in [-0.15, -0.1) is 0 Å². The zero-order valence-corrected chi connectivity index (χ0v) is 16.1. The zero-order valence-electron chi connectivity index (χ0n) is 16.1. The Labute approximate surface area is 169 Å². The molecule has 1 aliphatic heterocycles. The van der Waals surface area contributed by atoms with E-state index in [1.807, 2.05) is 0 Å². The summed E-state index contributed by atoms with van der Waals surface area (Å²) in [5, 5.41) is 24.9. The maximum Gasteiger partial charge on any atom is 0.270 e. The molecule has 1 amide bonds. The number of aryl methyl sites for hydroxylation is 1. The summed E-state index contributed by atoms with van der Waals surface area (Å²) in [5.41, 5.74) is 4.61. The SMILES string of the molecule is O=C(CCc1ccccc1O)N/N=C/c1cc([N+](=O)[O-])ccc1N1CCCCC1. The van der Waals surface area contributed by atoms with Crippen LogP contribution in [0, 0.1) is 10.1 Å². The van der Waals surface area contributed by atoms with Gasteiger partial charge >= 0.3 is 0 Å². The number of carbonyl (C=O) groups is 1. The van der Waals surface area contributed by atoms with E-state index >= 15 is 0 Å². The first-order chi connectivity index (χ1) is 14.0. The summed E-state index contributed by atoms with van der Waals surface area (Å²) in [6.07, 6.45) is 5.36. The number of carbonyl (C=O) groups excluding carboxylic acids is 1. The number of hydrogen-bond acceptors (Lipinski definition) is 6. The Kier molecular flexibility index (Phi) is 6.78. The van der Waals surface area contributed by atoms with Crippen LogP contribution in [-0.4, -0.2) is 35.2 Å². The van der Waals surface area contributed by atoms with Gasteiger partial charge in [-0.2, -0.15) is 5.10 Å². The molecule has 2 N–H and O–H groups in total. The number of benzene rings is 2. The van der Waals surface area contributed by atoms with Crippen LogP contribution < -0.4 is 10.3 Å². The lowest BCUT2D eigenvalue weighted by Gasteiger charge is -2.29. The zero-order chi connectivity index (χ0) is 20.6. The van der Waals surface area contributed by atoms with Gasteiger partial charge in [-0.3, -0.25) is 14.9 Å². The van der Waals surface area contributed by atoms with Crippen LogP contribution in [-0.2, 0) is 11.2 Å². The topological polar surface area (TPSA) is 108 Å². The maximum atomic E-state index is 12.1. The molecule has 29 heavy (non-hydrogen) atoms. The molecule has 0 aromatic heterocycles. The fourth-order valence-corrected chi connectivity index (χ4v) is 3.38. The quantitative estimate of drug-likeness (QED) is 0.424. The number of phenols is 1. The third-order valence-electron chi connectivity index (χ3n) is 4.92. The van der Waals surface area contributed by atoms with Crippen LogP contribution >= 0.6 is 0 Å². The van der Waals surface area contributed by atoms with Crippen LogP contribution in [0.5, 0.6) is 5.75 Å². The highest BCUT2D eigenvalue weighted by Crippen LogP contribution is 2.27. The van der Waals surface area contributed by atoms with E-state index in [1.54, 1.807) is 30.3 Å². The van der Waals surface area contributed by atoms with Crippen molar-refractivity contribution in [3.63, 3.8) is 0 Å². The highest BCUT2D eigenvalue weighted by molar-refractivity contribution is 5.90. The first kappa shape index (κ1) is 20.3. The molecule has 2 aromatic rings. The van der Waals surface area contributed by atoms with Crippen molar-refractivity contribution in [3.8, 4) is 5.75 Å². The molecule has 0 bridgehead atoms. The average Bonchev–Trinajstić information content (AvgIpc) is 2.73. The third kappa shape index (κ3) is 5.54. The van der Waals surface area contributed by atoms with Crippen molar-refractivity contribution in [2.75, 3.05) is 18.0 Å². The maximum absolute atomic E-state index is 12.1. The molecule has 0 spiro atoms. The standard InChI is InChI=1S/C21H24N4O4/c26-20-7-3-2-6-16(20)8-11-21(27)23-22-15-17-14-18(25(28)29)9-10-19(17)24-12-4-1-5-13-24/h2-3,6-7,9-10,14-15,26H,1,4-5,8,11-13H2,(H,23,27)/b22-15+. The highest BCUT2D eigenvalue weighted by atomic mass is 16.6. The lowest BCUT2D eigenvalue weighted by Crippen LogP contribution is -2.30. The Morgan fingerprint density at radius 3 is 2.69 bits per heavy atom. The van der Waals surface area contributed by atoms with Crippen LogP contribution in [0.3, 0.4) is 0 Å². The summed E-state index contributed by atoms with van der Waals surface area (Å²) in [5.74, 6) is -0.138. The minimum atomic E-state index is -0.442. The van der Waals surface area contributed by atoms with Gasteiger partial charge in [0.25, 0.3) is 5.69 Å². The molecule has 0 radical (unpaired) electrons. The number of nitro groups is 1. The summed E-state index contributed by atoms with van der Waals surface area (Å²) in [4.78, 5) is 24.9. The lowest BCUT2D eigenvalue weighted by atomic mass is 10.1. The molecule has 8 nitrogen and oxygen atoms in total. The second-order valence-electron chi connectivity index (χ2n) is 6.97. The van der Waals surface area contributed by atoms with E-state index in [-0.39, 0.29) is 23.8 Å². The van der Waals surface area contributed by atoms with Crippen molar-refractivity contribution in [1.29, 1.82) is 0 Å². The van der Waals surface area contributed by atoms with Gasteiger partial charge in [-0.1, -0.05) is 18.2 Å². The number of para-hydroxylation sites is 1. The van der Waals surface area contributed by atoms with Crippen LogP contribution in [0.15, 0.2) is 47.6 Å². The molecule has 1 heterocycles. The van der Waals surface area contributed by atoms with Crippen LogP contribution in [0.1, 0.15) is 36.8 Å². The van der Waals surface area contributed by atoms with E-state index in [9.17, 15) is 20.0 Å². The Morgan fingerprint density at radius 2 is 1.97 bits per heavy atom. The summed E-state index contributed by atoms with van der Waals surface area (Å²) in [6.45, 7) is 1.79. The van der Waals surface area contributed by atoms with E-state index in [4.69, 9.17) is 0 Å². The van der Waals surface area contributed by atoms with E-state index in [0.29, 0.717) is 17.5 Å². The molecule has 0 saturated carbocycles.